The number of azide groups is 1. The maximum absolute atomic E-state index is 13.8. The lowest BCUT2D eigenvalue weighted by Gasteiger charge is -2.27. The van der Waals surface area contributed by atoms with Gasteiger partial charge in [-0.3, -0.25) is 5.32 Å². The summed E-state index contributed by atoms with van der Waals surface area (Å²) in [5.41, 5.74) is 6.56. The molecule has 19 heavy (non-hydrogen) atoms. The number of carboxylic acid groups (broad SMARTS) is 1. The largest absolute Gasteiger partial charge is 0.480 e. The minimum absolute atomic E-state index is 0.00955. The van der Waals surface area contributed by atoms with E-state index in [1.807, 2.05) is 0 Å². The van der Waals surface area contributed by atoms with Crippen molar-refractivity contribution in [1.29, 1.82) is 0 Å². The molecule has 6 nitrogen and oxygen atoms in total. The minimum Gasteiger partial charge on any atom is -0.480 e. The molecule has 2 N–H and O–H groups in total. The average molecular weight is 331 g/mol. The van der Waals surface area contributed by atoms with Gasteiger partial charge in [0.15, 0.2) is 0 Å². The van der Waals surface area contributed by atoms with Gasteiger partial charge in [-0.1, -0.05) is 21.0 Å². The molecule has 1 atom stereocenters. The number of carboxylic acids is 1. The molecule has 0 saturated heterocycles. The Balaban J connectivity index is 3.07. The van der Waals surface area contributed by atoms with Gasteiger partial charge < -0.3 is 5.11 Å². The molecule has 1 aromatic rings. The molecule has 0 fully saturated rings. The lowest BCUT2D eigenvalue weighted by molar-refractivity contribution is -0.144. The molecule has 102 valence electrons. The van der Waals surface area contributed by atoms with Crippen molar-refractivity contribution in [3.8, 4) is 0 Å². The van der Waals surface area contributed by atoms with Crippen molar-refractivity contribution < 1.29 is 14.3 Å². The summed E-state index contributed by atoms with van der Waals surface area (Å²) in [6, 6.07) is 4.08. The van der Waals surface area contributed by atoms with Crippen molar-refractivity contribution in [2.24, 2.45) is 5.11 Å². The summed E-state index contributed by atoms with van der Waals surface area (Å²) >= 11 is 3.18. The van der Waals surface area contributed by atoms with Crippen molar-refractivity contribution in [3.63, 3.8) is 0 Å². The lowest BCUT2D eigenvalue weighted by atomic mass is 9.91. The van der Waals surface area contributed by atoms with E-state index in [-0.39, 0.29) is 18.7 Å². The van der Waals surface area contributed by atoms with Gasteiger partial charge >= 0.3 is 5.97 Å². The van der Waals surface area contributed by atoms with Crippen LogP contribution in [0.1, 0.15) is 12.5 Å². The normalized spacial score (nSPS) is 13.4. The van der Waals surface area contributed by atoms with E-state index in [1.54, 1.807) is 0 Å². The smallest absolute Gasteiger partial charge is 0.328 e. The molecule has 0 aliphatic rings. The number of benzene rings is 1. The fraction of sp³-hybridized carbons (Fsp3) is 0.364. The van der Waals surface area contributed by atoms with Crippen LogP contribution in [0, 0.1) is 5.82 Å². The van der Waals surface area contributed by atoms with Gasteiger partial charge in [0.25, 0.3) is 0 Å². The summed E-state index contributed by atoms with van der Waals surface area (Å²) in [5, 5.41) is 15.3. The second-order valence-electron chi connectivity index (χ2n) is 3.94. The van der Waals surface area contributed by atoms with Crippen LogP contribution in [0.25, 0.3) is 10.4 Å². The van der Waals surface area contributed by atoms with Crippen LogP contribution < -0.4 is 5.32 Å². The average Bonchev–Trinajstić information content (AvgIpc) is 2.37. The first-order valence-corrected chi connectivity index (χ1v) is 6.16. The number of nitrogens with one attached hydrogen (secondary N) is 1. The molecule has 0 heterocycles. The summed E-state index contributed by atoms with van der Waals surface area (Å²) in [6.45, 7) is 1.56. The Morgan fingerprint density at radius 3 is 2.95 bits per heavy atom. The highest BCUT2D eigenvalue weighted by atomic mass is 79.9. The second kappa shape index (κ2) is 6.51. The molecule has 1 aromatic carbocycles. The Kier molecular flexibility index (Phi) is 5.29. The summed E-state index contributed by atoms with van der Waals surface area (Å²) in [4.78, 5) is 14.0. The van der Waals surface area contributed by atoms with Crippen molar-refractivity contribution in [2.75, 3.05) is 13.1 Å². The molecule has 0 aliphatic heterocycles. The molecule has 0 bridgehead atoms. The van der Waals surface area contributed by atoms with E-state index >= 15 is 0 Å². The molecular weight excluding hydrogens is 319 g/mol. The third-order valence-corrected chi connectivity index (χ3v) is 3.14. The third kappa shape index (κ3) is 3.66. The van der Waals surface area contributed by atoms with Crippen LogP contribution in [0.2, 0.25) is 0 Å². The highest BCUT2D eigenvalue weighted by molar-refractivity contribution is 9.10. The predicted octanol–water partition coefficient (Wildman–Crippen LogP) is 2.79. The van der Waals surface area contributed by atoms with Crippen molar-refractivity contribution in [3.05, 3.63) is 44.5 Å². The first-order valence-electron chi connectivity index (χ1n) is 5.36. The van der Waals surface area contributed by atoms with Crippen molar-refractivity contribution in [1.82, 2.24) is 5.32 Å². The first-order chi connectivity index (χ1) is 8.91. The van der Waals surface area contributed by atoms with E-state index in [2.05, 4.69) is 31.3 Å². The second-order valence-corrected chi connectivity index (χ2v) is 4.85. The molecule has 8 heteroatoms. The van der Waals surface area contributed by atoms with Gasteiger partial charge in [-0.2, -0.15) is 0 Å². The lowest BCUT2D eigenvalue weighted by Crippen LogP contribution is -2.48. The van der Waals surface area contributed by atoms with Crippen molar-refractivity contribution in [2.45, 2.75) is 12.5 Å². The zero-order valence-corrected chi connectivity index (χ0v) is 11.7. The number of rotatable bonds is 6. The van der Waals surface area contributed by atoms with Crippen LogP contribution in [0.15, 0.2) is 27.8 Å². The Labute approximate surface area is 117 Å². The van der Waals surface area contributed by atoms with Crippen LogP contribution in [-0.4, -0.2) is 24.2 Å². The molecule has 1 unspecified atom stereocenters. The van der Waals surface area contributed by atoms with Gasteiger partial charge in [0.05, 0.1) is 0 Å². The summed E-state index contributed by atoms with van der Waals surface area (Å²) in [6.07, 6.45) is 0. The number of nitrogens with zero attached hydrogens (tertiary/aromatic N) is 3. The topological polar surface area (TPSA) is 98.1 Å². The van der Waals surface area contributed by atoms with E-state index in [0.29, 0.717) is 4.47 Å². The van der Waals surface area contributed by atoms with Gasteiger partial charge in [0.2, 0.25) is 0 Å². The van der Waals surface area contributed by atoms with E-state index in [1.165, 1.54) is 25.1 Å². The van der Waals surface area contributed by atoms with Gasteiger partial charge in [0, 0.05) is 28.0 Å². The quantitative estimate of drug-likeness (QED) is 0.363. The zero-order chi connectivity index (χ0) is 14.5. The van der Waals surface area contributed by atoms with Crippen LogP contribution >= 0.6 is 15.9 Å². The predicted molar refractivity (Wildman–Crippen MR) is 71.1 cm³/mol. The van der Waals surface area contributed by atoms with Crippen molar-refractivity contribution >= 4 is 21.9 Å². The standard InChI is InChI=1S/C11H12BrFN4O2/c1-11(10(18)19,15-4-5-16-17-14)8-6-7(12)2-3-9(8)13/h2-3,6,15H,4-5H2,1H3,(H,18,19). The van der Waals surface area contributed by atoms with E-state index in [0.717, 1.165) is 0 Å². The summed E-state index contributed by atoms with van der Waals surface area (Å²) < 4.78 is 14.4. The van der Waals surface area contributed by atoms with Gasteiger partial charge in [-0.25, -0.2) is 9.18 Å². The summed E-state index contributed by atoms with van der Waals surface area (Å²) in [5.74, 6) is -1.84. The number of aliphatic carboxylic acids is 1. The van der Waals surface area contributed by atoms with Crippen LogP contribution in [0.4, 0.5) is 4.39 Å². The van der Waals surface area contributed by atoms with Crippen LogP contribution in [0.3, 0.4) is 0 Å². The minimum atomic E-state index is -1.60. The molecule has 0 radical (unpaired) electrons. The first kappa shape index (κ1) is 15.4. The Morgan fingerprint density at radius 1 is 1.68 bits per heavy atom. The molecular formula is C11H12BrFN4O2. The molecule has 0 amide bonds. The number of hydrogen-bond donors (Lipinski definition) is 2. The molecule has 0 spiro atoms. The van der Waals surface area contributed by atoms with Gasteiger partial charge in [0.1, 0.15) is 11.4 Å². The highest BCUT2D eigenvalue weighted by Crippen LogP contribution is 2.27. The SMILES string of the molecule is CC(NCCN=[N+]=[N-])(C(=O)O)c1cc(Br)ccc1F. The molecule has 1 rings (SSSR count). The van der Waals surface area contributed by atoms with Gasteiger partial charge in [-0.05, 0) is 30.7 Å². The van der Waals surface area contributed by atoms with Crippen LogP contribution in [0.5, 0.6) is 0 Å². The highest BCUT2D eigenvalue weighted by Gasteiger charge is 2.37. The fourth-order valence-corrected chi connectivity index (χ4v) is 1.93. The zero-order valence-electron chi connectivity index (χ0n) is 10.1. The molecule has 0 aliphatic carbocycles. The van der Waals surface area contributed by atoms with E-state index < -0.39 is 17.3 Å². The fourth-order valence-electron chi connectivity index (χ4n) is 1.57. The Bertz CT molecular complexity index is 533. The molecule has 0 aromatic heterocycles. The van der Waals surface area contributed by atoms with Gasteiger partial charge in [-0.15, -0.1) is 0 Å². The number of halogens is 2. The molecule has 0 saturated carbocycles. The maximum atomic E-state index is 13.8. The number of carbonyl (C=O) groups is 1. The Hall–Kier alpha value is -1.63. The Morgan fingerprint density at radius 2 is 2.37 bits per heavy atom. The number of hydrogen-bond acceptors (Lipinski definition) is 3. The van der Waals surface area contributed by atoms with E-state index in [4.69, 9.17) is 5.53 Å². The van der Waals surface area contributed by atoms with E-state index in [9.17, 15) is 14.3 Å². The van der Waals surface area contributed by atoms with Crippen LogP contribution in [-0.2, 0) is 10.3 Å². The summed E-state index contributed by atoms with van der Waals surface area (Å²) in [7, 11) is 0. The monoisotopic (exact) mass is 330 g/mol. The third-order valence-electron chi connectivity index (χ3n) is 2.65. The maximum Gasteiger partial charge on any atom is 0.328 e.